The normalized spacial score (nSPS) is 12.5. The summed E-state index contributed by atoms with van der Waals surface area (Å²) in [5.74, 6) is -0.192. The van der Waals surface area contributed by atoms with Crippen molar-refractivity contribution < 1.29 is 13.2 Å². The lowest BCUT2D eigenvalue weighted by Crippen LogP contribution is -2.38. The standard InChI is InChI=1S/C21H23BrN4O3S2/c1-26-14-17(12-23-26)31(28,29)24-13-19(15-7-4-3-5-8-15)25-20(27)11-16-9-6-10-18(22)21(16)30-2/h3-10,12,14,19,24H,11,13H2,1-2H3,(H,25,27). The van der Waals surface area contributed by atoms with Gasteiger partial charge in [0.05, 0.1) is 18.7 Å². The van der Waals surface area contributed by atoms with Crippen LogP contribution in [0.4, 0.5) is 0 Å². The number of nitrogens with one attached hydrogen (secondary N) is 2. The van der Waals surface area contributed by atoms with Crippen LogP contribution in [0.2, 0.25) is 0 Å². The van der Waals surface area contributed by atoms with Gasteiger partial charge >= 0.3 is 0 Å². The Morgan fingerprint density at radius 1 is 1.19 bits per heavy atom. The van der Waals surface area contributed by atoms with Crippen LogP contribution in [0.3, 0.4) is 0 Å². The molecule has 0 radical (unpaired) electrons. The van der Waals surface area contributed by atoms with E-state index in [1.807, 2.05) is 54.8 Å². The Balaban J connectivity index is 1.76. The number of sulfonamides is 1. The summed E-state index contributed by atoms with van der Waals surface area (Å²) in [6, 6.07) is 14.5. The van der Waals surface area contributed by atoms with E-state index in [0.717, 1.165) is 20.5 Å². The Morgan fingerprint density at radius 2 is 1.94 bits per heavy atom. The monoisotopic (exact) mass is 522 g/mol. The van der Waals surface area contributed by atoms with Gasteiger partial charge in [0.2, 0.25) is 15.9 Å². The number of hydrogen-bond acceptors (Lipinski definition) is 5. The highest BCUT2D eigenvalue weighted by atomic mass is 79.9. The summed E-state index contributed by atoms with van der Waals surface area (Å²) in [7, 11) is -2.10. The molecule has 0 saturated heterocycles. The summed E-state index contributed by atoms with van der Waals surface area (Å²) in [6.07, 6.45) is 4.86. The third kappa shape index (κ3) is 6.19. The molecule has 0 aliphatic rings. The van der Waals surface area contributed by atoms with Crippen LogP contribution in [0.1, 0.15) is 17.2 Å². The number of aromatic nitrogens is 2. The van der Waals surface area contributed by atoms with Crippen molar-refractivity contribution in [1.82, 2.24) is 19.8 Å². The van der Waals surface area contributed by atoms with Gasteiger partial charge in [0.25, 0.3) is 0 Å². The Hall–Kier alpha value is -2.14. The lowest BCUT2D eigenvalue weighted by molar-refractivity contribution is -0.121. The third-order valence-corrected chi connectivity index (χ3v) is 7.80. The topological polar surface area (TPSA) is 93.1 Å². The molecular formula is C21H23BrN4O3S2. The molecule has 2 N–H and O–H groups in total. The number of halogens is 1. The molecule has 7 nitrogen and oxygen atoms in total. The van der Waals surface area contributed by atoms with E-state index in [0.29, 0.717) is 0 Å². The maximum atomic E-state index is 12.8. The smallest absolute Gasteiger partial charge is 0.243 e. The largest absolute Gasteiger partial charge is 0.348 e. The Labute approximate surface area is 194 Å². The molecule has 10 heteroatoms. The third-order valence-electron chi connectivity index (χ3n) is 4.61. The first kappa shape index (κ1) is 23.5. The molecule has 0 aliphatic carbocycles. The lowest BCUT2D eigenvalue weighted by Gasteiger charge is -2.20. The molecule has 3 rings (SSSR count). The maximum Gasteiger partial charge on any atom is 0.243 e. The van der Waals surface area contributed by atoms with E-state index in [4.69, 9.17) is 0 Å². The molecule has 0 fully saturated rings. The zero-order valence-electron chi connectivity index (χ0n) is 17.1. The molecular weight excluding hydrogens is 500 g/mol. The zero-order chi connectivity index (χ0) is 22.4. The summed E-state index contributed by atoms with van der Waals surface area (Å²) in [5, 5.41) is 6.88. The summed E-state index contributed by atoms with van der Waals surface area (Å²) in [4.78, 5) is 13.9. The number of aryl methyl sites for hydroxylation is 1. The van der Waals surface area contributed by atoms with Gasteiger partial charge in [-0.05, 0) is 39.4 Å². The Morgan fingerprint density at radius 3 is 2.58 bits per heavy atom. The second kappa shape index (κ2) is 10.4. The van der Waals surface area contributed by atoms with Gasteiger partial charge < -0.3 is 5.32 Å². The minimum absolute atomic E-state index is 0.0147. The van der Waals surface area contributed by atoms with Crippen LogP contribution >= 0.6 is 27.7 Å². The molecule has 0 saturated carbocycles. The summed E-state index contributed by atoms with van der Waals surface area (Å²) in [6.45, 7) is 0.0147. The quantitative estimate of drug-likeness (QED) is 0.420. The number of carbonyl (C=O) groups excluding carboxylic acids is 1. The number of carbonyl (C=O) groups is 1. The van der Waals surface area contributed by atoms with E-state index >= 15 is 0 Å². The van der Waals surface area contributed by atoms with Crippen molar-refractivity contribution in [2.45, 2.75) is 22.3 Å². The van der Waals surface area contributed by atoms with Gasteiger partial charge in [0.15, 0.2) is 0 Å². The first-order chi connectivity index (χ1) is 14.8. The summed E-state index contributed by atoms with van der Waals surface area (Å²) in [5.41, 5.74) is 1.71. The van der Waals surface area contributed by atoms with Crippen molar-refractivity contribution in [3.63, 3.8) is 0 Å². The van der Waals surface area contributed by atoms with E-state index in [2.05, 4.69) is 31.1 Å². The van der Waals surface area contributed by atoms with Crippen LogP contribution in [0, 0.1) is 0 Å². The fourth-order valence-corrected chi connectivity index (χ4v) is 5.68. The number of hydrogen-bond donors (Lipinski definition) is 2. The molecule has 1 amide bonds. The number of thioether (sulfide) groups is 1. The molecule has 31 heavy (non-hydrogen) atoms. The molecule has 0 aliphatic heterocycles. The van der Waals surface area contributed by atoms with Gasteiger partial charge in [-0.1, -0.05) is 42.5 Å². The lowest BCUT2D eigenvalue weighted by atomic mass is 10.1. The molecule has 164 valence electrons. The SMILES string of the molecule is CSc1c(Br)cccc1CC(=O)NC(CNS(=O)(=O)c1cnn(C)c1)c1ccccc1. The summed E-state index contributed by atoms with van der Waals surface area (Å²) >= 11 is 5.09. The predicted octanol–water partition coefficient (Wildman–Crippen LogP) is 3.28. The first-order valence-electron chi connectivity index (χ1n) is 9.44. The minimum Gasteiger partial charge on any atom is -0.348 e. The highest BCUT2D eigenvalue weighted by Crippen LogP contribution is 2.29. The molecule has 1 atom stereocenters. The van der Waals surface area contributed by atoms with Gasteiger partial charge in [0, 0.05) is 29.2 Å². The van der Waals surface area contributed by atoms with Gasteiger partial charge in [-0.3, -0.25) is 9.48 Å². The van der Waals surface area contributed by atoms with Crippen LogP contribution in [-0.2, 0) is 28.3 Å². The molecule has 1 heterocycles. The van der Waals surface area contributed by atoms with Gasteiger partial charge in [-0.2, -0.15) is 5.10 Å². The van der Waals surface area contributed by atoms with Gasteiger partial charge in [-0.15, -0.1) is 11.8 Å². The van der Waals surface area contributed by atoms with Crippen molar-refractivity contribution in [3.05, 3.63) is 76.5 Å². The zero-order valence-corrected chi connectivity index (χ0v) is 20.3. The molecule has 0 bridgehead atoms. The van der Waals surface area contributed by atoms with Crippen LogP contribution in [0.5, 0.6) is 0 Å². The first-order valence-corrected chi connectivity index (χ1v) is 12.9. The number of rotatable bonds is 9. The molecule has 3 aromatic rings. The van der Waals surface area contributed by atoms with E-state index in [1.165, 1.54) is 17.1 Å². The predicted molar refractivity (Wildman–Crippen MR) is 125 cm³/mol. The molecule has 0 spiro atoms. The van der Waals surface area contributed by atoms with Gasteiger partial charge in [-0.25, -0.2) is 13.1 Å². The van der Waals surface area contributed by atoms with E-state index in [9.17, 15) is 13.2 Å². The van der Waals surface area contributed by atoms with Gasteiger partial charge in [0.1, 0.15) is 4.90 Å². The van der Waals surface area contributed by atoms with Crippen LogP contribution in [0.15, 0.2) is 75.2 Å². The fourth-order valence-electron chi connectivity index (χ4n) is 3.09. The second-order valence-corrected chi connectivity index (χ2v) is 10.3. The Kier molecular flexibility index (Phi) is 7.93. The molecule has 1 aromatic heterocycles. The van der Waals surface area contributed by atoms with Crippen molar-refractivity contribution in [3.8, 4) is 0 Å². The van der Waals surface area contributed by atoms with Crippen molar-refractivity contribution in [2.24, 2.45) is 7.05 Å². The Bertz CT molecular complexity index is 1150. The highest BCUT2D eigenvalue weighted by molar-refractivity contribution is 9.10. The van der Waals surface area contributed by atoms with E-state index in [-0.39, 0.29) is 23.8 Å². The number of nitrogens with zero attached hydrogens (tertiary/aromatic N) is 2. The number of benzene rings is 2. The van der Waals surface area contributed by atoms with Crippen LogP contribution in [0.25, 0.3) is 0 Å². The average molecular weight is 523 g/mol. The van der Waals surface area contributed by atoms with E-state index in [1.54, 1.807) is 18.8 Å². The van der Waals surface area contributed by atoms with Crippen LogP contribution in [-0.4, -0.2) is 36.9 Å². The summed E-state index contributed by atoms with van der Waals surface area (Å²) < 4.78 is 30.1. The average Bonchev–Trinajstić information content (AvgIpc) is 3.19. The van der Waals surface area contributed by atoms with Crippen molar-refractivity contribution >= 4 is 43.6 Å². The molecule has 1 unspecified atom stereocenters. The number of amides is 1. The van der Waals surface area contributed by atoms with Crippen molar-refractivity contribution in [2.75, 3.05) is 12.8 Å². The van der Waals surface area contributed by atoms with Crippen LogP contribution < -0.4 is 10.0 Å². The maximum absolute atomic E-state index is 12.8. The molecule has 2 aromatic carbocycles. The second-order valence-electron chi connectivity index (χ2n) is 6.84. The highest BCUT2D eigenvalue weighted by Gasteiger charge is 2.21. The van der Waals surface area contributed by atoms with Crippen molar-refractivity contribution in [1.29, 1.82) is 0 Å². The minimum atomic E-state index is -3.75. The fraction of sp³-hybridized carbons (Fsp3) is 0.238. The van der Waals surface area contributed by atoms with E-state index < -0.39 is 16.1 Å².